The molecule has 0 heterocycles. The van der Waals surface area contributed by atoms with E-state index in [1.165, 1.54) is 0 Å². The van der Waals surface area contributed by atoms with Gasteiger partial charge in [-0.05, 0) is 36.8 Å². The van der Waals surface area contributed by atoms with Gasteiger partial charge < -0.3 is 0 Å². The Morgan fingerprint density at radius 3 is 2.56 bits per heavy atom. The van der Waals surface area contributed by atoms with Crippen LogP contribution >= 0.6 is 24.2 Å². The van der Waals surface area contributed by atoms with E-state index in [1.54, 1.807) is 0 Å². The summed E-state index contributed by atoms with van der Waals surface area (Å²) in [5.41, 5.74) is 5.77. The number of benzene rings is 2. The smallest absolute Gasteiger partial charge is 0.156 e. The molecule has 4 heteroatoms. The molecule has 2 rings (SSSR count). The Morgan fingerprint density at radius 1 is 1.17 bits per heavy atom. The number of hydrazone groups is 1. The monoisotopic (exact) mass is 276 g/mol. The van der Waals surface area contributed by atoms with Crippen LogP contribution in [0.2, 0.25) is 0 Å². The van der Waals surface area contributed by atoms with Gasteiger partial charge in [0.25, 0.3) is 0 Å². The van der Waals surface area contributed by atoms with Crippen LogP contribution in [-0.4, -0.2) is 5.17 Å². The van der Waals surface area contributed by atoms with Crippen molar-refractivity contribution in [1.29, 1.82) is 0 Å². The van der Waals surface area contributed by atoms with Gasteiger partial charge in [0.05, 0.1) is 5.69 Å². The van der Waals surface area contributed by atoms with Crippen molar-refractivity contribution in [2.45, 2.75) is 11.8 Å². The number of hydrogen-bond donors (Lipinski definition) is 2. The Hall–Kier alpha value is -1.45. The summed E-state index contributed by atoms with van der Waals surface area (Å²) in [6.07, 6.45) is 0. The third-order valence-electron chi connectivity index (χ3n) is 2.49. The van der Waals surface area contributed by atoms with Crippen LogP contribution in [-0.2, 0) is 0 Å². The molecule has 0 aliphatic carbocycles. The van der Waals surface area contributed by atoms with Crippen LogP contribution in [0, 0.1) is 6.92 Å². The molecule has 0 aliphatic heterocycles. The minimum atomic E-state index is 0.435. The zero-order chi connectivity index (χ0) is 13.0. The van der Waals surface area contributed by atoms with Crippen molar-refractivity contribution >= 4 is 35.1 Å². The van der Waals surface area contributed by atoms with Crippen molar-refractivity contribution in [1.82, 2.24) is 0 Å². The topological polar surface area (TPSA) is 24.4 Å². The van der Waals surface area contributed by atoms with Gasteiger partial charge in [-0.1, -0.05) is 35.9 Å². The van der Waals surface area contributed by atoms with Gasteiger partial charge in [-0.2, -0.15) is 5.10 Å². The average molecular weight is 277 g/mol. The molecule has 0 bridgehead atoms. The van der Waals surface area contributed by atoms with Gasteiger partial charge in [0.1, 0.15) is 0 Å². The van der Waals surface area contributed by atoms with E-state index in [0.29, 0.717) is 5.17 Å². The fourth-order valence-corrected chi connectivity index (χ4v) is 2.09. The molecule has 0 saturated heterocycles. The number of para-hydroxylation sites is 1. The van der Waals surface area contributed by atoms with E-state index in [4.69, 9.17) is 11.6 Å². The highest BCUT2D eigenvalue weighted by atomic mass is 35.5. The number of nitrogens with one attached hydrogen (secondary N) is 1. The molecule has 0 radical (unpaired) electrons. The highest BCUT2D eigenvalue weighted by Gasteiger charge is 2.04. The summed E-state index contributed by atoms with van der Waals surface area (Å²) in [6, 6.07) is 15.4. The number of hydrogen-bond acceptors (Lipinski definition) is 3. The van der Waals surface area contributed by atoms with Crippen molar-refractivity contribution in [2.75, 3.05) is 5.43 Å². The van der Waals surface area contributed by atoms with Gasteiger partial charge in [-0.15, -0.1) is 12.6 Å². The van der Waals surface area contributed by atoms with Gasteiger partial charge in [0.15, 0.2) is 5.17 Å². The van der Waals surface area contributed by atoms with Crippen LogP contribution < -0.4 is 5.43 Å². The maximum atomic E-state index is 6.18. The number of nitrogens with zero attached hydrogens (tertiary/aromatic N) is 1. The third-order valence-corrected chi connectivity index (χ3v) is 3.06. The molecule has 0 amide bonds. The Labute approximate surface area is 117 Å². The van der Waals surface area contributed by atoms with Crippen molar-refractivity contribution < 1.29 is 0 Å². The summed E-state index contributed by atoms with van der Waals surface area (Å²) >= 11 is 10.5. The Balaban J connectivity index is 2.18. The largest absolute Gasteiger partial charge is 0.277 e. The molecule has 0 aromatic heterocycles. The predicted octanol–water partition coefficient (Wildman–Crippen LogP) is 4.30. The fourth-order valence-electron chi connectivity index (χ4n) is 1.57. The SMILES string of the molecule is Cc1cc(S)ccc1C(Cl)=NNc1ccccc1. The molecule has 2 aromatic carbocycles. The zero-order valence-electron chi connectivity index (χ0n) is 9.89. The predicted molar refractivity (Wildman–Crippen MR) is 80.9 cm³/mol. The lowest BCUT2D eigenvalue weighted by Crippen LogP contribution is -1.99. The van der Waals surface area contributed by atoms with E-state index in [0.717, 1.165) is 21.7 Å². The molecule has 0 fully saturated rings. The lowest BCUT2D eigenvalue weighted by molar-refractivity contribution is 1.31. The van der Waals surface area contributed by atoms with Crippen molar-refractivity contribution in [3.05, 3.63) is 59.7 Å². The second-order valence-corrected chi connectivity index (χ2v) is 4.75. The first-order valence-corrected chi connectivity index (χ1v) is 6.33. The lowest BCUT2D eigenvalue weighted by atomic mass is 10.1. The maximum absolute atomic E-state index is 6.18. The number of halogens is 1. The molecule has 0 saturated carbocycles. The van der Waals surface area contributed by atoms with E-state index in [-0.39, 0.29) is 0 Å². The summed E-state index contributed by atoms with van der Waals surface area (Å²) in [4.78, 5) is 0.914. The molecule has 2 aromatic rings. The van der Waals surface area contributed by atoms with Gasteiger partial charge in [-0.25, -0.2) is 0 Å². The molecule has 92 valence electrons. The van der Waals surface area contributed by atoms with E-state index in [9.17, 15) is 0 Å². The molecule has 0 atom stereocenters. The van der Waals surface area contributed by atoms with Crippen LogP contribution in [0.5, 0.6) is 0 Å². The summed E-state index contributed by atoms with van der Waals surface area (Å²) in [5, 5.41) is 4.60. The molecular weight excluding hydrogens is 264 g/mol. The van der Waals surface area contributed by atoms with Crippen molar-refractivity contribution in [3.8, 4) is 0 Å². The van der Waals surface area contributed by atoms with E-state index in [2.05, 4.69) is 23.2 Å². The third kappa shape index (κ3) is 3.28. The minimum absolute atomic E-state index is 0.435. The first-order chi connectivity index (χ1) is 8.66. The Bertz CT molecular complexity index is 567. The van der Waals surface area contributed by atoms with Crippen molar-refractivity contribution in [3.63, 3.8) is 0 Å². The van der Waals surface area contributed by atoms with Crippen LogP contribution in [0.25, 0.3) is 0 Å². The molecule has 0 spiro atoms. The summed E-state index contributed by atoms with van der Waals surface area (Å²) < 4.78 is 0. The van der Waals surface area contributed by atoms with Crippen LogP contribution in [0.1, 0.15) is 11.1 Å². The second-order valence-electron chi connectivity index (χ2n) is 3.88. The Morgan fingerprint density at radius 2 is 1.89 bits per heavy atom. The number of thiol groups is 1. The normalized spacial score (nSPS) is 11.4. The van der Waals surface area contributed by atoms with Gasteiger partial charge in [0, 0.05) is 10.5 Å². The molecule has 18 heavy (non-hydrogen) atoms. The molecule has 0 aliphatic rings. The summed E-state index contributed by atoms with van der Waals surface area (Å²) in [7, 11) is 0. The van der Waals surface area contributed by atoms with E-state index < -0.39 is 0 Å². The summed E-state index contributed by atoms with van der Waals surface area (Å²) in [5.74, 6) is 0. The first-order valence-electron chi connectivity index (χ1n) is 5.51. The average Bonchev–Trinajstić information content (AvgIpc) is 2.37. The van der Waals surface area contributed by atoms with Gasteiger partial charge >= 0.3 is 0 Å². The minimum Gasteiger partial charge on any atom is -0.277 e. The Kier molecular flexibility index (Phi) is 4.28. The van der Waals surface area contributed by atoms with E-state index in [1.807, 2.05) is 55.5 Å². The van der Waals surface area contributed by atoms with E-state index >= 15 is 0 Å². The van der Waals surface area contributed by atoms with Gasteiger partial charge in [-0.3, -0.25) is 5.43 Å². The molecule has 0 unspecified atom stereocenters. The molecule has 2 nitrogen and oxygen atoms in total. The van der Waals surface area contributed by atoms with Gasteiger partial charge in [0.2, 0.25) is 0 Å². The van der Waals surface area contributed by atoms with Crippen molar-refractivity contribution in [2.24, 2.45) is 5.10 Å². The van der Waals surface area contributed by atoms with Crippen LogP contribution in [0.15, 0.2) is 58.5 Å². The first kappa shape index (κ1) is 13.0. The summed E-state index contributed by atoms with van der Waals surface area (Å²) in [6.45, 7) is 1.98. The number of rotatable bonds is 3. The zero-order valence-corrected chi connectivity index (χ0v) is 11.5. The highest BCUT2D eigenvalue weighted by Crippen LogP contribution is 2.16. The molecule has 1 N–H and O–H groups in total. The quantitative estimate of drug-likeness (QED) is 0.488. The molecular formula is C14H13ClN2S. The lowest BCUT2D eigenvalue weighted by Gasteiger charge is -2.05. The number of anilines is 1. The maximum Gasteiger partial charge on any atom is 0.156 e. The highest BCUT2D eigenvalue weighted by molar-refractivity contribution is 7.80. The van der Waals surface area contributed by atoms with Crippen LogP contribution in [0.4, 0.5) is 5.69 Å². The standard InChI is InChI=1S/C14H13ClN2S/c1-10-9-12(18)7-8-13(10)14(15)17-16-11-5-3-2-4-6-11/h2-9,16,18H,1H3. The second kappa shape index (κ2) is 5.94. The van der Waals surface area contributed by atoms with Crippen LogP contribution in [0.3, 0.4) is 0 Å². The fraction of sp³-hybridized carbons (Fsp3) is 0.0714. The number of aryl methyl sites for hydroxylation is 1.